The van der Waals surface area contributed by atoms with Gasteiger partial charge >= 0.3 is 0 Å². The fourth-order valence-electron chi connectivity index (χ4n) is 2.50. The van der Waals surface area contributed by atoms with Crippen molar-refractivity contribution in [2.75, 3.05) is 5.75 Å². The second-order valence-corrected chi connectivity index (χ2v) is 6.30. The van der Waals surface area contributed by atoms with Gasteiger partial charge in [-0.3, -0.25) is 4.79 Å². The van der Waals surface area contributed by atoms with E-state index in [1.54, 1.807) is 36.0 Å². The van der Waals surface area contributed by atoms with Crippen LogP contribution < -0.4 is 0 Å². The smallest absolute Gasteiger partial charge is 0.234 e. The van der Waals surface area contributed by atoms with Crippen molar-refractivity contribution in [1.29, 1.82) is 10.5 Å². The van der Waals surface area contributed by atoms with Crippen molar-refractivity contribution in [1.82, 2.24) is 4.90 Å². The Bertz CT molecular complexity index is 800. The summed E-state index contributed by atoms with van der Waals surface area (Å²) in [6.45, 7) is 0.516. The van der Waals surface area contributed by atoms with Crippen molar-refractivity contribution < 1.29 is 4.79 Å². The minimum atomic E-state index is -0.0362. The van der Waals surface area contributed by atoms with Crippen molar-refractivity contribution in [3.05, 3.63) is 70.8 Å². The minimum Gasteiger partial charge on any atom is -0.322 e. The molecule has 0 spiro atoms. The number of amides is 1. The van der Waals surface area contributed by atoms with E-state index in [-0.39, 0.29) is 11.3 Å². The van der Waals surface area contributed by atoms with Crippen LogP contribution in [0.15, 0.2) is 48.5 Å². The summed E-state index contributed by atoms with van der Waals surface area (Å²) in [5, 5.41) is 17.7. The van der Waals surface area contributed by atoms with Crippen LogP contribution in [0.2, 0.25) is 0 Å². The van der Waals surface area contributed by atoms with Gasteiger partial charge in [0.25, 0.3) is 0 Å². The predicted molar refractivity (Wildman–Crippen MR) is 88.1 cm³/mol. The van der Waals surface area contributed by atoms with Crippen molar-refractivity contribution in [2.24, 2.45) is 0 Å². The Labute approximate surface area is 139 Å². The first-order valence-corrected chi connectivity index (χ1v) is 8.16. The van der Waals surface area contributed by atoms with E-state index in [0.717, 1.165) is 11.1 Å². The molecule has 1 heterocycles. The molecule has 23 heavy (non-hydrogen) atoms. The fourth-order valence-corrected chi connectivity index (χ4v) is 3.69. The molecule has 2 aromatic rings. The van der Waals surface area contributed by atoms with Gasteiger partial charge in [-0.2, -0.15) is 10.5 Å². The van der Waals surface area contributed by atoms with Crippen LogP contribution >= 0.6 is 11.8 Å². The van der Waals surface area contributed by atoms with Crippen LogP contribution in [0.4, 0.5) is 0 Å². The molecule has 0 N–H and O–H groups in total. The highest BCUT2D eigenvalue weighted by Gasteiger charge is 2.32. The molecule has 1 atom stereocenters. The number of rotatable bonds is 3. The summed E-state index contributed by atoms with van der Waals surface area (Å²) in [6, 6.07) is 18.8. The third kappa shape index (κ3) is 3.21. The van der Waals surface area contributed by atoms with E-state index in [1.807, 2.05) is 29.2 Å². The van der Waals surface area contributed by atoms with Gasteiger partial charge in [-0.25, -0.2) is 0 Å². The zero-order chi connectivity index (χ0) is 16.2. The first-order valence-electron chi connectivity index (χ1n) is 7.11. The average molecular weight is 319 g/mol. The van der Waals surface area contributed by atoms with Crippen molar-refractivity contribution >= 4 is 17.7 Å². The second kappa shape index (κ2) is 6.56. The molecule has 3 rings (SSSR count). The molecule has 0 aliphatic carbocycles. The Morgan fingerprint density at radius 3 is 2.13 bits per heavy atom. The summed E-state index contributed by atoms with van der Waals surface area (Å²) in [6.07, 6.45) is 0. The van der Waals surface area contributed by atoms with Crippen LogP contribution in [0.1, 0.15) is 27.6 Å². The lowest BCUT2D eigenvalue weighted by Crippen LogP contribution is -2.27. The van der Waals surface area contributed by atoms with Crippen LogP contribution in [-0.2, 0) is 11.3 Å². The van der Waals surface area contributed by atoms with Crippen LogP contribution in [-0.4, -0.2) is 16.6 Å². The zero-order valence-corrected chi connectivity index (χ0v) is 13.1. The summed E-state index contributed by atoms with van der Waals surface area (Å²) in [5.74, 6) is 0.565. The van der Waals surface area contributed by atoms with Gasteiger partial charge in [0, 0.05) is 6.54 Å². The Balaban J connectivity index is 1.81. The molecular weight excluding hydrogens is 306 g/mol. The third-order valence-corrected chi connectivity index (χ3v) is 4.98. The van der Waals surface area contributed by atoms with E-state index >= 15 is 0 Å². The highest BCUT2D eigenvalue weighted by atomic mass is 32.2. The number of nitriles is 2. The van der Waals surface area contributed by atoms with Crippen LogP contribution in [0, 0.1) is 22.7 Å². The molecule has 0 saturated carbocycles. The molecule has 1 amide bonds. The summed E-state index contributed by atoms with van der Waals surface area (Å²) in [5.41, 5.74) is 3.24. The molecule has 112 valence electrons. The van der Waals surface area contributed by atoms with E-state index in [1.165, 1.54) is 0 Å². The maximum Gasteiger partial charge on any atom is 0.234 e. The van der Waals surface area contributed by atoms with Gasteiger partial charge in [-0.1, -0.05) is 24.3 Å². The van der Waals surface area contributed by atoms with Crippen molar-refractivity contribution in [2.45, 2.75) is 11.9 Å². The van der Waals surface area contributed by atoms with Crippen LogP contribution in [0.25, 0.3) is 0 Å². The highest BCUT2D eigenvalue weighted by molar-refractivity contribution is 8.00. The lowest BCUT2D eigenvalue weighted by Gasteiger charge is -2.24. The molecular formula is C18H13N3OS. The fraction of sp³-hybridized carbons (Fsp3) is 0.167. The maximum absolute atomic E-state index is 12.2. The first kappa shape index (κ1) is 15.1. The molecule has 0 bridgehead atoms. The molecule has 1 unspecified atom stereocenters. The highest BCUT2D eigenvalue weighted by Crippen LogP contribution is 2.39. The molecule has 5 heteroatoms. The Morgan fingerprint density at radius 2 is 1.57 bits per heavy atom. The lowest BCUT2D eigenvalue weighted by atomic mass is 10.1. The number of benzene rings is 2. The first-order chi connectivity index (χ1) is 11.2. The Hall–Kier alpha value is -2.76. The molecule has 0 radical (unpaired) electrons. The van der Waals surface area contributed by atoms with Crippen molar-refractivity contribution in [3.8, 4) is 12.1 Å². The standard InChI is InChI=1S/C18H13N3OS/c19-9-13-1-3-15(4-2-13)11-21-17(22)12-23-18(21)16-7-5-14(10-20)6-8-16/h1-8,18H,11-12H2. The second-order valence-electron chi connectivity index (χ2n) is 5.23. The van der Waals surface area contributed by atoms with E-state index in [9.17, 15) is 4.79 Å². The maximum atomic E-state index is 12.2. The van der Waals surface area contributed by atoms with E-state index in [0.29, 0.717) is 23.4 Å². The Kier molecular flexibility index (Phi) is 4.32. The topological polar surface area (TPSA) is 67.9 Å². The van der Waals surface area contributed by atoms with Gasteiger partial charge in [0.1, 0.15) is 5.37 Å². The summed E-state index contributed by atoms with van der Waals surface area (Å²) >= 11 is 1.59. The minimum absolute atomic E-state index is 0.0362. The molecule has 0 aromatic heterocycles. The molecule has 2 aromatic carbocycles. The number of hydrogen-bond acceptors (Lipinski definition) is 4. The van der Waals surface area contributed by atoms with Gasteiger partial charge < -0.3 is 4.90 Å². The van der Waals surface area contributed by atoms with Crippen LogP contribution in [0.5, 0.6) is 0 Å². The van der Waals surface area contributed by atoms with Gasteiger partial charge in [-0.05, 0) is 35.4 Å². The normalized spacial score (nSPS) is 16.9. The van der Waals surface area contributed by atoms with Gasteiger partial charge in [0.2, 0.25) is 5.91 Å². The monoisotopic (exact) mass is 319 g/mol. The van der Waals surface area contributed by atoms with Gasteiger partial charge in [0.05, 0.1) is 29.0 Å². The molecule has 4 nitrogen and oxygen atoms in total. The zero-order valence-electron chi connectivity index (χ0n) is 12.3. The van der Waals surface area contributed by atoms with E-state index in [2.05, 4.69) is 12.1 Å². The number of carbonyl (C=O) groups excluding carboxylic acids is 1. The SMILES string of the molecule is N#Cc1ccc(CN2C(=O)CSC2c2ccc(C#N)cc2)cc1. The molecule has 1 aliphatic rings. The van der Waals surface area contributed by atoms with Crippen LogP contribution in [0.3, 0.4) is 0 Å². The molecule has 1 aliphatic heterocycles. The summed E-state index contributed by atoms with van der Waals surface area (Å²) in [4.78, 5) is 14.0. The number of hydrogen-bond donors (Lipinski definition) is 0. The molecule has 1 saturated heterocycles. The largest absolute Gasteiger partial charge is 0.322 e. The lowest BCUT2D eigenvalue weighted by molar-refractivity contribution is -0.128. The number of nitrogens with zero attached hydrogens (tertiary/aromatic N) is 3. The molecule has 1 fully saturated rings. The Morgan fingerprint density at radius 1 is 1.00 bits per heavy atom. The van der Waals surface area contributed by atoms with E-state index in [4.69, 9.17) is 10.5 Å². The van der Waals surface area contributed by atoms with Crippen molar-refractivity contribution in [3.63, 3.8) is 0 Å². The predicted octanol–water partition coefficient (Wildman–Crippen LogP) is 3.20. The number of carbonyl (C=O) groups is 1. The quantitative estimate of drug-likeness (QED) is 0.871. The van der Waals surface area contributed by atoms with Gasteiger partial charge in [0.15, 0.2) is 0 Å². The average Bonchev–Trinajstić information content (AvgIpc) is 2.96. The summed E-state index contributed by atoms with van der Waals surface area (Å²) in [7, 11) is 0. The van der Waals surface area contributed by atoms with E-state index < -0.39 is 0 Å². The number of thioether (sulfide) groups is 1. The third-order valence-electron chi connectivity index (χ3n) is 3.73. The van der Waals surface area contributed by atoms with Gasteiger partial charge in [-0.15, -0.1) is 11.8 Å². The summed E-state index contributed by atoms with van der Waals surface area (Å²) < 4.78 is 0.